The number of para-hydroxylation sites is 1. The lowest BCUT2D eigenvalue weighted by Crippen LogP contribution is -2.43. The van der Waals surface area contributed by atoms with Crippen LogP contribution in [0.3, 0.4) is 0 Å². The Hall–Kier alpha value is -3.58. The van der Waals surface area contributed by atoms with E-state index in [-0.39, 0.29) is 18.8 Å². The Morgan fingerprint density at radius 2 is 1.57 bits per heavy atom. The number of hydrogen-bond donors (Lipinski definition) is 2. The fourth-order valence-electron chi connectivity index (χ4n) is 2.46. The van der Waals surface area contributed by atoms with Gasteiger partial charge in [0, 0.05) is 10.6 Å². The maximum Gasteiger partial charge on any atom is 0.276 e. The summed E-state index contributed by atoms with van der Waals surface area (Å²) < 4.78 is 23.8. The molecular weight excluding hydrogens is 411 g/mol. The minimum absolute atomic E-state index is 0.182. The van der Waals surface area contributed by atoms with E-state index in [4.69, 9.17) is 21.1 Å². The fourth-order valence-corrected chi connectivity index (χ4v) is 2.65. The molecule has 6 nitrogen and oxygen atoms in total. The molecule has 30 heavy (non-hydrogen) atoms. The molecule has 8 heteroatoms. The molecule has 0 unspecified atom stereocenters. The molecule has 0 atom stereocenters. The lowest BCUT2D eigenvalue weighted by molar-refractivity contribution is -0.123. The summed E-state index contributed by atoms with van der Waals surface area (Å²) in [7, 11) is 0. The molecule has 3 aromatic carbocycles. The fraction of sp³-hybridized carbons (Fsp3) is 0.0909. The van der Waals surface area contributed by atoms with Gasteiger partial charge in [0.25, 0.3) is 11.8 Å². The van der Waals surface area contributed by atoms with Crippen LogP contribution in [0.4, 0.5) is 4.39 Å². The summed E-state index contributed by atoms with van der Waals surface area (Å²) in [5.41, 5.74) is 5.59. The lowest BCUT2D eigenvalue weighted by atomic mass is 10.2. The molecule has 0 heterocycles. The van der Waals surface area contributed by atoms with Crippen molar-refractivity contribution in [1.82, 2.24) is 10.9 Å². The van der Waals surface area contributed by atoms with Gasteiger partial charge in [0.15, 0.2) is 6.61 Å². The van der Waals surface area contributed by atoms with Gasteiger partial charge in [-0.3, -0.25) is 20.4 Å². The number of benzene rings is 3. The number of amides is 2. The van der Waals surface area contributed by atoms with Gasteiger partial charge in [-0.05, 0) is 42.5 Å². The first-order valence-electron chi connectivity index (χ1n) is 8.95. The highest BCUT2D eigenvalue weighted by molar-refractivity contribution is 6.31. The van der Waals surface area contributed by atoms with Crippen LogP contribution in [0, 0.1) is 5.82 Å². The number of rotatable bonds is 7. The predicted octanol–water partition coefficient (Wildman–Crippen LogP) is 3.90. The molecular formula is C22H18ClFN2O4. The van der Waals surface area contributed by atoms with E-state index in [2.05, 4.69) is 10.9 Å². The van der Waals surface area contributed by atoms with Gasteiger partial charge >= 0.3 is 0 Å². The van der Waals surface area contributed by atoms with Crippen LogP contribution >= 0.6 is 11.6 Å². The third-order valence-electron chi connectivity index (χ3n) is 3.97. The summed E-state index contributed by atoms with van der Waals surface area (Å²) >= 11 is 6.12. The first kappa shape index (κ1) is 21.1. The van der Waals surface area contributed by atoms with Gasteiger partial charge in [0.1, 0.15) is 23.9 Å². The molecule has 3 rings (SSSR count). The zero-order valence-corrected chi connectivity index (χ0v) is 16.5. The minimum atomic E-state index is -0.581. The second-order valence-electron chi connectivity index (χ2n) is 6.12. The van der Waals surface area contributed by atoms with Gasteiger partial charge in [-0.25, -0.2) is 4.39 Å². The predicted molar refractivity (Wildman–Crippen MR) is 110 cm³/mol. The van der Waals surface area contributed by atoms with Gasteiger partial charge in [-0.1, -0.05) is 41.9 Å². The smallest absolute Gasteiger partial charge is 0.276 e. The van der Waals surface area contributed by atoms with Crippen LogP contribution in [0.5, 0.6) is 11.5 Å². The van der Waals surface area contributed by atoms with Crippen molar-refractivity contribution in [3.05, 3.63) is 94.8 Å². The summed E-state index contributed by atoms with van der Waals surface area (Å²) in [5.74, 6) is -0.876. The van der Waals surface area contributed by atoms with Crippen LogP contribution in [0.1, 0.15) is 15.9 Å². The molecule has 0 spiro atoms. The molecule has 0 saturated heterocycles. The van der Waals surface area contributed by atoms with Crippen LogP contribution < -0.4 is 20.3 Å². The standard InChI is InChI=1S/C22H18ClFN2O4/c23-19-7-3-1-5-15(19)13-30-20-8-4-2-6-18(20)22(28)26-25-21(27)14-29-17-11-9-16(24)10-12-17/h1-12H,13-14H2,(H,25,27)(H,26,28). The normalized spacial score (nSPS) is 10.2. The van der Waals surface area contributed by atoms with E-state index in [9.17, 15) is 14.0 Å². The second kappa shape index (κ2) is 10.3. The molecule has 0 aromatic heterocycles. The van der Waals surface area contributed by atoms with E-state index in [0.717, 1.165) is 5.56 Å². The number of nitrogens with one attached hydrogen (secondary N) is 2. The molecule has 0 fully saturated rings. The van der Waals surface area contributed by atoms with Crippen molar-refractivity contribution < 1.29 is 23.5 Å². The molecule has 0 aliphatic carbocycles. The third-order valence-corrected chi connectivity index (χ3v) is 4.34. The van der Waals surface area contributed by atoms with Crippen molar-refractivity contribution in [3.63, 3.8) is 0 Å². The average Bonchev–Trinajstić information content (AvgIpc) is 2.76. The van der Waals surface area contributed by atoms with E-state index in [1.807, 2.05) is 18.2 Å². The average molecular weight is 429 g/mol. The summed E-state index contributed by atoms with van der Waals surface area (Å²) in [6.45, 7) is -0.168. The van der Waals surface area contributed by atoms with Crippen molar-refractivity contribution in [2.45, 2.75) is 6.61 Å². The Bertz CT molecular complexity index is 1030. The first-order valence-corrected chi connectivity index (χ1v) is 9.33. The first-order chi connectivity index (χ1) is 14.5. The maximum absolute atomic E-state index is 12.9. The minimum Gasteiger partial charge on any atom is -0.488 e. The number of carbonyl (C=O) groups excluding carboxylic acids is 2. The zero-order chi connectivity index (χ0) is 21.3. The molecule has 0 bridgehead atoms. The molecule has 0 saturated carbocycles. The monoisotopic (exact) mass is 428 g/mol. The van der Waals surface area contributed by atoms with Crippen LogP contribution in [0.15, 0.2) is 72.8 Å². The Kier molecular flexibility index (Phi) is 7.24. The largest absolute Gasteiger partial charge is 0.488 e. The molecule has 0 aliphatic rings. The van der Waals surface area contributed by atoms with Gasteiger partial charge in [0.2, 0.25) is 0 Å². The lowest BCUT2D eigenvalue weighted by Gasteiger charge is -2.13. The van der Waals surface area contributed by atoms with E-state index in [1.165, 1.54) is 24.3 Å². The highest BCUT2D eigenvalue weighted by Crippen LogP contribution is 2.22. The molecule has 2 N–H and O–H groups in total. The highest BCUT2D eigenvalue weighted by Gasteiger charge is 2.14. The SMILES string of the molecule is O=C(COc1ccc(F)cc1)NNC(=O)c1ccccc1OCc1ccccc1Cl. The second-order valence-corrected chi connectivity index (χ2v) is 6.53. The van der Waals surface area contributed by atoms with Crippen molar-refractivity contribution >= 4 is 23.4 Å². The molecule has 0 aliphatic heterocycles. The summed E-state index contributed by atoms with van der Waals surface area (Å²) in [6, 6.07) is 19.1. The van der Waals surface area contributed by atoms with Crippen LogP contribution in [-0.4, -0.2) is 18.4 Å². The van der Waals surface area contributed by atoms with Crippen molar-refractivity contribution in [2.24, 2.45) is 0 Å². The summed E-state index contributed by atoms with van der Waals surface area (Å²) in [5, 5.41) is 0.563. The Balaban J connectivity index is 1.53. The van der Waals surface area contributed by atoms with Gasteiger partial charge in [-0.2, -0.15) is 0 Å². The molecule has 0 radical (unpaired) electrons. The van der Waals surface area contributed by atoms with Crippen molar-refractivity contribution in [3.8, 4) is 11.5 Å². The van der Waals surface area contributed by atoms with Crippen molar-refractivity contribution in [1.29, 1.82) is 0 Å². The van der Waals surface area contributed by atoms with Crippen LogP contribution in [0.2, 0.25) is 5.02 Å². The number of hydrazine groups is 1. The van der Waals surface area contributed by atoms with Crippen molar-refractivity contribution in [2.75, 3.05) is 6.61 Å². The topological polar surface area (TPSA) is 76.7 Å². The summed E-state index contributed by atoms with van der Waals surface area (Å²) in [4.78, 5) is 24.3. The van der Waals surface area contributed by atoms with Crippen LogP contribution in [-0.2, 0) is 11.4 Å². The Morgan fingerprint density at radius 3 is 2.33 bits per heavy atom. The third kappa shape index (κ3) is 5.96. The maximum atomic E-state index is 12.9. The number of hydrogen-bond acceptors (Lipinski definition) is 4. The van der Waals surface area contributed by atoms with E-state index < -0.39 is 17.6 Å². The summed E-state index contributed by atoms with van der Waals surface area (Å²) in [6.07, 6.45) is 0. The van der Waals surface area contributed by atoms with Gasteiger partial charge < -0.3 is 9.47 Å². The van der Waals surface area contributed by atoms with E-state index >= 15 is 0 Å². The number of ether oxygens (including phenoxy) is 2. The molecule has 154 valence electrons. The quantitative estimate of drug-likeness (QED) is 0.560. The Labute approximate surface area is 177 Å². The number of carbonyl (C=O) groups is 2. The van der Waals surface area contributed by atoms with E-state index in [1.54, 1.807) is 30.3 Å². The number of halogens is 2. The molecule has 3 aromatic rings. The van der Waals surface area contributed by atoms with E-state index in [0.29, 0.717) is 16.5 Å². The van der Waals surface area contributed by atoms with Crippen LogP contribution in [0.25, 0.3) is 0 Å². The van der Waals surface area contributed by atoms with Gasteiger partial charge in [0.05, 0.1) is 5.56 Å². The van der Waals surface area contributed by atoms with Gasteiger partial charge in [-0.15, -0.1) is 0 Å². The molecule has 2 amide bonds. The Morgan fingerprint density at radius 1 is 0.867 bits per heavy atom. The highest BCUT2D eigenvalue weighted by atomic mass is 35.5. The zero-order valence-electron chi connectivity index (χ0n) is 15.7.